The molecule has 0 aliphatic carbocycles. The molecule has 2 aromatic carbocycles. The van der Waals surface area contributed by atoms with Crippen molar-refractivity contribution in [3.8, 4) is 23.0 Å². The number of carbonyl (C=O) groups is 1. The molecule has 0 bridgehead atoms. The third-order valence-corrected chi connectivity index (χ3v) is 3.34. The monoisotopic (exact) mass is 300 g/mol. The molecule has 22 heavy (non-hydrogen) atoms. The van der Waals surface area contributed by atoms with E-state index in [0.717, 1.165) is 16.9 Å². The van der Waals surface area contributed by atoms with E-state index in [1.165, 1.54) is 6.92 Å². The zero-order valence-electron chi connectivity index (χ0n) is 13.5. The van der Waals surface area contributed by atoms with Crippen LogP contribution in [0.3, 0.4) is 0 Å². The van der Waals surface area contributed by atoms with Gasteiger partial charge in [0.1, 0.15) is 23.0 Å². The first-order chi connectivity index (χ1) is 10.4. The fourth-order valence-electron chi connectivity index (χ4n) is 2.42. The summed E-state index contributed by atoms with van der Waals surface area (Å²) in [5, 5.41) is 0. The Bertz CT molecular complexity index is 704. The Kier molecular flexibility index (Phi) is 4.71. The van der Waals surface area contributed by atoms with Gasteiger partial charge in [-0.3, -0.25) is 4.79 Å². The maximum atomic E-state index is 11.7. The maximum Gasteiger partial charge on any atom is 0.163 e. The van der Waals surface area contributed by atoms with E-state index >= 15 is 0 Å². The van der Waals surface area contributed by atoms with E-state index in [1.807, 2.05) is 38.1 Å². The van der Waals surface area contributed by atoms with Crippen LogP contribution >= 0.6 is 0 Å². The van der Waals surface area contributed by atoms with Gasteiger partial charge < -0.3 is 14.2 Å². The summed E-state index contributed by atoms with van der Waals surface area (Å²) in [5.41, 5.74) is 2.44. The molecule has 0 fully saturated rings. The first kappa shape index (κ1) is 15.9. The number of aryl methyl sites for hydroxylation is 2. The van der Waals surface area contributed by atoms with Crippen LogP contribution in [0.5, 0.6) is 23.0 Å². The van der Waals surface area contributed by atoms with Gasteiger partial charge in [-0.15, -0.1) is 0 Å². The molecule has 0 spiro atoms. The summed E-state index contributed by atoms with van der Waals surface area (Å²) < 4.78 is 16.4. The molecule has 4 nitrogen and oxygen atoms in total. The Hall–Kier alpha value is -2.49. The van der Waals surface area contributed by atoms with Gasteiger partial charge in [0.15, 0.2) is 5.78 Å². The van der Waals surface area contributed by atoms with Gasteiger partial charge >= 0.3 is 0 Å². The van der Waals surface area contributed by atoms with Crippen LogP contribution in [0.1, 0.15) is 28.4 Å². The first-order valence-electron chi connectivity index (χ1n) is 6.97. The molecular formula is C18H20O4. The lowest BCUT2D eigenvalue weighted by molar-refractivity contribution is 0.101. The first-order valence-corrected chi connectivity index (χ1v) is 6.97. The number of carbonyl (C=O) groups excluding carboxylic acids is 1. The number of Topliss-reactive ketones (excluding diaryl/α,β-unsaturated/α-hetero) is 1. The van der Waals surface area contributed by atoms with E-state index in [0.29, 0.717) is 22.8 Å². The van der Waals surface area contributed by atoms with Gasteiger partial charge in [0.25, 0.3) is 0 Å². The van der Waals surface area contributed by atoms with Crippen LogP contribution in [0.25, 0.3) is 0 Å². The Morgan fingerprint density at radius 2 is 1.50 bits per heavy atom. The molecule has 0 radical (unpaired) electrons. The van der Waals surface area contributed by atoms with Crippen molar-refractivity contribution in [1.29, 1.82) is 0 Å². The van der Waals surface area contributed by atoms with Crippen molar-refractivity contribution in [2.24, 2.45) is 0 Å². The molecule has 0 aromatic heterocycles. The molecule has 116 valence electrons. The highest BCUT2D eigenvalue weighted by Gasteiger charge is 2.14. The minimum Gasteiger partial charge on any atom is -0.497 e. The Morgan fingerprint density at radius 3 is 2.09 bits per heavy atom. The summed E-state index contributed by atoms with van der Waals surface area (Å²) in [6, 6.07) is 9.21. The summed E-state index contributed by atoms with van der Waals surface area (Å²) in [5.74, 6) is 2.51. The lowest BCUT2D eigenvalue weighted by atomic mass is 10.0. The normalized spacial score (nSPS) is 10.2. The van der Waals surface area contributed by atoms with Gasteiger partial charge in [-0.25, -0.2) is 0 Å². The van der Waals surface area contributed by atoms with Crippen molar-refractivity contribution in [3.05, 3.63) is 47.0 Å². The van der Waals surface area contributed by atoms with Gasteiger partial charge in [0, 0.05) is 12.1 Å². The number of benzene rings is 2. The molecule has 0 N–H and O–H groups in total. The number of methoxy groups -OCH3 is 2. The van der Waals surface area contributed by atoms with Crippen molar-refractivity contribution >= 4 is 5.78 Å². The van der Waals surface area contributed by atoms with Crippen LogP contribution in [0.4, 0.5) is 0 Å². The summed E-state index contributed by atoms with van der Waals surface area (Å²) >= 11 is 0. The van der Waals surface area contributed by atoms with E-state index in [1.54, 1.807) is 20.3 Å². The highest BCUT2D eigenvalue weighted by molar-refractivity contribution is 5.98. The molecule has 2 rings (SSSR count). The summed E-state index contributed by atoms with van der Waals surface area (Å²) in [6.45, 7) is 5.36. The fraction of sp³-hybridized carbons (Fsp3) is 0.278. The van der Waals surface area contributed by atoms with Crippen LogP contribution in [0.15, 0.2) is 30.3 Å². The molecule has 0 heterocycles. The number of hydrogen-bond acceptors (Lipinski definition) is 4. The van der Waals surface area contributed by atoms with Crippen molar-refractivity contribution in [1.82, 2.24) is 0 Å². The molecule has 0 amide bonds. The molecule has 0 aliphatic heterocycles. The Labute approximate surface area is 130 Å². The fourth-order valence-corrected chi connectivity index (χ4v) is 2.42. The smallest absolute Gasteiger partial charge is 0.163 e. The van der Waals surface area contributed by atoms with Crippen molar-refractivity contribution in [2.45, 2.75) is 20.8 Å². The van der Waals surface area contributed by atoms with Crippen molar-refractivity contribution < 1.29 is 19.0 Å². The second kappa shape index (κ2) is 6.52. The zero-order valence-corrected chi connectivity index (χ0v) is 13.5. The van der Waals surface area contributed by atoms with Crippen LogP contribution in [0.2, 0.25) is 0 Å². The molecule has 0 aliphatic rings. The highest BCUT2D eigenvalue weighted by Crippen LogP contribution is 2.33. The standard InChI is InChI=1S/C18H20O4/c1-11-6-14(20-4)9-15(7-11)22-16-8-12(2)18(13(3)19)17(10-16)21-5/h6-10H,1-5H3. The third kappa shape index (κ3) is 3.39. The molecular weight excluding hydrogens is 280 g/mol. The van der Waals surface area contributed by atoms with E-state index in [9.17, 15) is 4.79 Å². The van der Waals surface area contributed by atoms with Gasteiger partial charge in [0.2, 0.25) is 0 Å². The zero-order chi connectivity index (χ0) is 16.3. The molecule has 0 unspecified atom stereocenters. The number of ketones is 1. The van der Waals surface area contributed by atoms with Gasteiger partial charge in [-0.1, -0.05) is 0 Å². The van der Waals surface area contributed by atoms with Gasteiger partial charge in [-0.2, -0.15) is 0 Å². The van der Waals surface area contributed by atoms with E-state index in [4.69, 9.17) is 14.2 Å². The molecule has 0 saturated heterocycles. The Morgan fingerprint density at radius 1 is 0.864 bits per heavy atom. The predicted molar refractivity (Wildman–Crippen MR) is 85.5 cm³/mol. The molecule has 0 atom stereocenters. The van der Waals surface area contributed by atoms with Crippen LogP contribution < -0.4 is 14.2 Å². The largest absolute Gasteiger partial charge is 0.497 e. The maximum absolute atomic E-state index is 11.7. The minimum absolute atomic E-state index is 0.0295. The quantitative estimate of drug-likeness (QED) is 0.772. The lowest BCUT2D eigenvalue weighted by Crippen LogP contribution is -2.01. The molecule has 2 aromatic rings. The topological polar surface area (TPSA) is 44.8 Å². The summed E-state index contributed by atoms with van der Waals surface area (Å²) in [4.78, 5) is 11.7. The minimum atomic E-state index is -0.0295. The van der Waals surface area contributed by atoms with Crippen molar-refractivity contribution in [3.63, 3.8) is 0 Å². The Balaban J connectivity index is 2.40. The van der Waals surface area contributed by atoms with E-state index < -0.39 is 0 Å². The average molecular weight is 300 g/mol. The van der Waals surface area contributed by atoms with E-state index in [-0.39, 0.29) is 5.78 Å². The average Bonchev–Trinajstić information content (AvgIpc) is 2.45. The van der Waals surface area contributed by atoms with Gasteiger partial charge in [-0.05, 0) is 50.1 Å². The van der Waals surface area contributed by atoms with Crippen LogP contribution in [-0.4, -0.2) is 20.0 Å². The highest BCUT2D eigenvalue weighted by atomic mass is 16.5. The van der Waals surface area contributed by atoms with Crippen LogP contribution in [-0.2, 0) is 0 Å². The lowest BCUT2D eigenvalue weighted by Gasteiger charge is -2.14. The number of ether oxygens (including phenoxy) is 3. The van der Waals surface area contributed by atoms with Crippen molar-refractivity contribution in [2.75, 3.05) is 14.2 Å². The number of rotatable bonds is 5. The SMILES string of the molecule is COc1cc(C)cc(Oc2cc(C)c(C(C)=O)c(OC)c2)c1. The molecule has 0 saturated carbocycles. The predicted octanol–water partition coefficient (Wildman–Crippen LogP) is 4.32. The second-order valence-corrected chi connectivity index (χ2v) is 5.16. The second-order valence-electron chi connectivity index (χ2n) is 5.16. The van der Waals surface area contributed by atoms with Crippen LogP contribution in [0, 0.1) is 13.8 Å². The third-order valence-electron chi connectivity index (χ3n) is 3.34. The van der Waals surface area contributed by atoms with E-state index in [2.05, 4.69) is 0 Å². The van der Waals surface area contributed by atoms with Gasteiger partial charge in [0.05, 0.1) is 19.8 Å². The summed E-state index contributed by atoms with van der Waals surface area (Å²) in [7, 11) is 3.16. The number of hydrogen-bond donors (Lipinski definition) is 0. The summed E-state index contributed by atoms with van der Waals surface area (Å²) in [6.07, 6.45) is 0. The molecule has 4 heteroatoms.